The topological polar surface area (TPSA) is 35.6 Å². The van der Waals surface area contributed by atoms with Gasteiger partial charge in [0.15, 0.2) is 0 Å². The molecule has 21 heavy (non-hydrogen) atoms. The molecule has 0 radical (unpaired) electrons. The fourth-order valence-electron chi connectivity index (χ4n) is 3.07. The number of piperazine rings is 1. The van der Waals surface area contributed by atoms with E-state index in [2.05, 4.69) is 26.1 Å². The number of halogens is 2. The summed E-state index contributed by atoms with van der Waals surface area (Å²) in [4.78, 5) is 16.8. The van der Waals surface area contributed by atoms with Crippen LogP contribution in [0.4, 0.5) is 4.39 Å². The van der Waals surface area contributed by atoms with Crippen LogP contribution in [0.15, 0.2) is 22.7 Å². The fraction of sp³-hybridized carbons (Fsp3) is 0.533. The van der Waals surface area contributed by atoms with E-state index >= 15 is 0 Å². The molecule has 0 bridgehead atoms. The summed E-state index contributed by atoms with van der Waals surface area (Å²) in [5.41, 5.74) is 0.535. The molecule has 0 aliphatic carbocycles. The van der Waals surface area contributed by atoms with Gasteiger partial charge in [0.25, 0.3) is 5.91 Å². The van der Waals surface area contributed by atoms with Gasteiger partial charge in [0.1, 0.15) is 5.82 Å². The van der Waals surface area contributed by atoms with E-state index in [0.29, 0.717) is 16.1 Å². The summed E-state index contributed by atoms with van der Waals surface area (Å²) in [5, 5.41) is 3.38. The molecule has 1 atom stereocenters. The number of nitrogens with zero attached hydrogens (tertiary/aromatic N) is 2. The quantitative estimate of drug-likeness (QED) is 0.877. The van der Waals surface area contributed by atoms with Crippen LogP contribution in [-0.4, -0.2) is 61.0 Å². The van der Waals surface area contributed by atoms with Crippen LogP contribution in [0, 0.1) is 5.82 Å². The van der Waals surface area contributed by atoms with Crippen molar-refractivity contribution >= 4 is 21.8 Å². The van der Waals surface area contributed by atoms with Crippen LogP contribution in [0.2, 0.25) is 0 Å². The van der Waals surface area contributed by atoms with E-state index in [1.165, 1.54) is 18.6 Å². The molecule has 2 saturated heterocycles. The normalized spacial score (nSPS) is 23.5. The largest absolute Gasteiger partial charge is 0.336 e. The minimum Gasteiger partial charge on any atom is -0.336 e. The van der Waals surface area contributed by atoms with Gasteiger partial charge >= 0.3 is 0 Å². The zero-order chi connectivity index (χ0) is 14.8. The lowest BCUT2D eigenvalue weighted by molar-refractivity contribution is 0.0583. The third kappa shape index (κ3) is 3.27. The second-order valence-corrected chi connectivity index (χ2v) is 6.45. The molecule has 114 valence electrons. The minimum atomic E-state index is -0.336. The zero-order valence-corrected chi connectivity index (χ0v) is 13.4. The molecule has 1 aromatic rings. The van der Waals surface area contributed by atoms with Crippen molar-refractivity contribution in [2.45, 2.75) is 12.5 Å². The highest BCUT2D eigenvalue weighted by atomic mass is 79.9. The first-order chi connectivity index (χ1) is 10.1. The first-order valence-corrected chi connectivity index (χ1v) is 8.13. The summed E-state index contributed by atoms with van der Waals surface area (Å²) in [7, 11) is 0. The van der Waals surface area contributed by atoms with Crippen LogP contribution in [0.25, 0.3) is 0 Å². The number of amides is 1. The SMILES string of the molecule is O=C(c1ccc(F)cc1Br)N1CCN(C2CCNC2)CC1. The van der Waals surface area contributed by atoms with Gasteiger partial charge in [-0.05, 0) is 47.1 Å². The first-order valence-electron chi connectivity index (χ1n) is 7.34. The summed E-state index contributed by atoms with van der Waals surface area (Å²) < 4.78 is 13.6. The highest BCUT2D eigenvalue weighted by Crippen LogP contribution is 2.21. The van der Waals surface area contributed by atoms with E-state index in [1.807, 2.05) is 4.90 Å². The number of carbonyl (C=O) groups is 1. The molecule has 2 aliphatic heterocycles. The van der Waals surface area contributed by atoms with Crippen LogP contribution in [0.3, 0.4) is 0 Å². The van der Waals surface area contributed by atoms with Gasteiger partial charge in [-0.1, -0.05) is 0 Å². The van der Waals surface area contributed by atoms with Crippen LogP contribution in [-0.2, 0) is 0 Å². The Morgan fingerprint density at radius 3 is 2.67 bits per heavy atom. The van der Waals surface area contributed by atoms with Gasteiger partial charge in [-0.3, -0.25) is 9.69 Å². The van der Waals surface area contributed by atoms with Crippen molar-refractivity contribution in [1.82, 2.24) is 15.1 Å². The second-order valence-electron chi connectivity index (χ2n) is 5.60. The molecule has 4 nitrogen and oxygen atoms in total. The van der Waals surface area contributed by atoms with Gasteiger partial charge in [0.05, 0.1) is 5.56 Å². The van der Waals surface area contributed by atoms with E-state index < -0.39 is 0 Å². The van der Waals surface area contributed by atoms with E-state index in [-0.39, 0.29) is 11.7 Å². The van der Waals surface area contributed by atoms with Crippen LogP contribution in [0.5, 0.6) is 0 Å². The van der Waals surface area contributed by atoms with Crippen LogP contribution in [0.1, 0.15) is 16.8 Å². The molecule has 0 spiro atoms. The van der Waals surface area contributed by atoms with E-state index in [1.54, 1.807) is 6.07 Å². The van der Waals surface area contributed by atoms with E-state index in [9.17, 15) is 9.18 Å². The van der Waals surface area contributed by atoms with Crippen molar-refractivity contribution in [2.75, 3.05) is 39.3 Å². The molecule has 2 aliphatic rings. The maximum Gasteiger partial charge on any atom is 0.255 e. The number of hydrogen-bond donors (Lipinski definition) is 1. The standard InChI is InChI=1S/C15H19BrFN3O/c16-14-9-11(17)1-2-13(14)15(21)20-7-5-19(6-8-20)12-3-4-18-10-12/h1-2,9,12,18H,3-8,10H2. The number of hydrogen-bond acceptors (Lipinski definition) is 3. The minimum absolute atomic E-state index is 0.0222. The highest BCUT2D eigenvalue weighted by molar-refractivity contribution is 9.10. The zero-order valence-electron chi connectivity index (χ0n) is 11.8. The van der Waals surface area contributed by atoms with Crippen molar-refractivity contribution in [3.05, 3.63) is 34.1 Å². The van der Waals surface area contributed by atoms with Crippen LogP contribution < -0.4 is 5.32 Å². The molecule has 1 N–H and O–H groups in total. The molecule has 6 heteroatoms. The Morgan fingerprint density at radius 1 is 1.29 bits per heavy atom. The average Bonchev–Trinajstić information content (AvgIpc) is 3.01. The summed E-state index contributed by atoms with van der Waals surface area (Å²) in [5.74, 6) is -0.358. The molecule has 1 aromatic carbocycles. The Kier molecular flexibility index (Phi) is 4.57. The Morgan fingerprint density at radius 2 is 2.05 bits per heavy atom. The number of rotatable bonds is 2. The molecular formula is C15H19BrFN3O. The molecule has 0 aromatic heterocycles. The lowest BCUT2D eigenvalue weighted by atomic mass is 10.1. The summed E-state index contributed by atoms with van der Waals surface area (Å²) in [6, 6.07) is 4.83. The predicted octanol–water partition coefficient (Wildman–Crippen LogP) is 1.71. The van der Waals surface area contributed by atoms with Crippen molar-refractivity contribution in [2.24, 2.45) is 0 Å². The third-order valence-electron chi connectivity index (χ3n) is 4.31. The predicted molar refractivity (Wildman–Crippen MR) is 82.9 cm³/mol. The lowest BCUT2D eigenvalue weighted by Gasteiger charge is -2.37. The van der Waals surface area contributed by atoms with Gasteiger partial charge in [-0.15, -0.1) is 0 Å². The first kappa shape index (κ1) is 14.9. The van der Waals surface area contributed by atoms with Gasteiger partial charge in [0.2, 0.25) is 0 Å². The van der Waals surface area contributed by atoms with E-state index in [4.69, 9.17) is 0 Å². The molecule has 1 amide bonds. The highest BCUT2D eigenvalue weighted by Gasteiger charge is 2.28. The Labute approximate surface area is 132 Å². The van der Waals surface area contributed by atoms with Crippen molar-refractivity contribution in [1.29, 1.82) is 0 Å². The van der Waals surface area contributed by atoms with Gasteiger partial charge < -0.3 is 10.2 Å². The smallest absolute Gasteiger partial charge is 0.255 e. The average molecular weight is 356 g/mol. The molecule has 2 fully saturated rings. The van der Waals surface area contributed by atoms with Crippen molar-refractivity contribution in [3.8, 4) is 0 Å². The number of benzene rings is 1. The lowest BCUT2D eigenvalue weighted by Crippen LogP contribution is -2.52. The molecule has 1 unspecified atom stereocenters. The fourth-order valence-corrected chi connectivity index (χ4v) is 3.59. The number of carbonyl (C=O) groups excluding carboxylic acids is 1. The van der Waals surface area contributed by atoms with Crippen molar-refractivity contribution < 1.29 is 9.18 Å². The molecule has 2 heterocycles. The number of nitrogens with one attached hydrogen (secondary N) is 1. The Bertz CT molecular complexity index is 526. The third-order valence-corrected chi connectivity index (χ3v) is 4.97. The maximum atomic E-state index is 13.1. The summed E-state index contributed by atoms with van der Waals surface area (Å²) in [6.07, 6.45) is 1.19. The maximum absolute atomic E-state index is 13.1. The Balaban J connectivity index is 1.62. The summed E-state index contributed by atoms with van der Waals surface area (Å²) in [6.45, 7) is 5.44. The molecule has 0 saturated carbocycles. The van der Waals surface area contributed by atoms with Crippen molar-refractivity contribution in [3.63, 3.8) is 0 Å². The second kappa shape index (κ2) is 6.42. The Hall–Kier alpha value is -0.980. The molecular weight excluding hydrogens is 337 g/mol. The monoisotopic (exact) mass is 355 g/mol. The van der Waals surface area contributed by atoms with E-state index in [0.717, 1.165) is 39.3 Å². The molecule has 3 rings (SSSR count). The summed E-state index contributed by atoms with van der Waals surface area (Å²) >= 11 is 3.27. The van der Waals surface area contributed by atoms with Gasteiger partial charge in [-0.2, -0.15) is 0 Å². The van der Waals surface area contributed by atoms with Crippen LogP contribution >= 0.6 is 15.9 Å². The van der Waals surface area contributed by atoms with Gasteiger partial charge in [0, 0.05) is 43.2 Å². The van der Waals surface area contributed by atoms with Gasteiger partial charge in [-0.25, -0.2) is 4.39 Å².